The molecule has 18 heavy (non-hydrogen) atoms. The van der Waals surface area contributed by atoms with Crippen molar-refractivity contribution >= 4 is 10.0 Å². The van der Waals surface area contributed by atoms with Crippen LogP contribution in [-0.4, -0.2) is 48.1 Å². The molecule has 0 amide bonds. The maximum Gasteiger partial charge on any atom is 0.219 e. The summed E-state index contributed by atoms with van der Waals surface area (Å²) in [4.78, 5) is 0. The molecule has 1 N–H and O–H groups in total. The first kappa shape index (κ1) is 14.2. The van der Waals surface area contributed by atoms with Crippen LogP contribution in [-0.2, 0) is 14.8 Å². The summed E-state index contributed by atoms with van der Waals surface area (Å²) in [6.45, 7) is 7.84. The number of aliphatic hydroxyl groups is 1. The summed E-state index contributed by atoms with van der Waals surface area (Å²) in [5.74, 6) is 0.441. The molecule has 2 rings (SSSR count). The standard InChI is InChI=1S/C12H23NO4S/c1-7(2)10-5-9-6-17-12(11(10)14)13(9)18(15,16)8(3)4/h7-12,14H,5-6H2,1-4H3/t9-,10-,11-,12-/m0/s1. The summed E-state index contributed by atoms with van der Waals surface area (Å²) in [7, 11) is -3.37. The lowest BCUT2D eigenvalue weighted by Gasteiger charge is -2.41. The average Bonchev–Trinajstić information content (AvgIpc) is 2.61. The molecular weight excluding hydrogens is 254 g/mol. The Kier molecular flexibility index (Phi) is 3.75. The van der Waals surface area contributed by atoms with Gasteiger partial charge in [0.1, 0.15) is 6.23 Å². The van der Waals surface area contributed by atoms with Gasteiger partial charge in [-0.15, -0.1) is 0 Å². The molecular formula is C12H23NO4S. The fraction of sp³-hybridized carbons (Fsp3) is 1.00. The van der Waals surface area contributed by atoms with Gasteiger partial charge in [-0.25, -0.2) is 8.42 Å². The zero-order valence-corrected chi connectivity index (χ0v) is 12.2. The van der Waals surface area contributed by atoms with Crippen LogP contribution in [0.1, 0.15) is 34.1 Å². The number of rotatable bonds is 3. The monoisotopic (exact) mass is 277 g/mol. The molecule has 2 aliphatic heterocycles. The van der Waals surface area contributed by atoms with Crippen molar-refractivity contribution in [3.8, 4) is 0 Å². The molecule has 0 aromatic heterocycles. The molecule has 6 heteroatoms. The molecule has 0 aromatic rings. The number of hydrogen-bond donors (Lipinski definition) is 1. The fourth-order valence-electron chi connectivity index (χ4n) is 2.91. The Morgan fingerprint density at radius 3 is 2.39 bits per heavy atom. The maximum atomic E-state index is 12.3. The zero-order valence-electron chi connectivity index (χ0n) is 11.4. The van der Waals surface area contributed by atoms with Gasteiger partial charge in [0.15, 0.2) is 0 Å². The van der Waals surface area contributed by atoms with Crippen molar-refractivity contribution in [1.82, 2.24) is 4.31 Å². The number of ether oxygens (including phenoxy) is 1. The molecule has 4 atom stereocenters. The van der Waals surface area contributed by atoms with Crippen LogP contribution in [0, 0.1) is 11.8 Å². The third-order valence-corrected chi connectivity index (χ3v) is 6.38. The minimum Gasteiger partial charge on any atom is -0.389 e. The molecule has 0 spiro atoms. The van der Waals surface area contributed by atoms with E-state index >= 15 is 0 Å². The van der Waals surface area contributed by atoms with E-state index in [1.54, 1.807) is 13.8 Å². The number of nitrogens with zero attached hydrogens (tertiary/aromatic N) is 1. The first-order chi connectivity index (χ1) is 8.26. The highest BCUT2D eigenvalue weighted by Gasteiger charge is 2.53. The van der Waals surface area contributed by atoms with Gasteiger partial charge in [-0.2, -0.15) is 4.31 Å². The molecule has 2 bridgehead atoms. The Morgan fingerprint density at radius 2 is 1.89 bits per heavy atom. The van der Waals surface area contributed by atoms with Crippen LogP contribution in [0.25, 0.3) is 0 Å². The van der Waals surface area contributed by atoms with E-state index in [9.17, 15) is 13.5 Å². The van der Waals surface area contributed by atoms with E-state index in [1.165, 1.54) is 4.31 Å². The minimum atomic E-state index is -3.37. The molecule has 0 unspecified atom stereocenters. The van der Waals surface area contributed by atoms with Gasteiger partial charge in [-0.1, -0.05) is 13.8 Å². The van der Waals surface area contributed by atoms with Crippen LogP contribution in [0.15, 0.2) is 0 Å². The Balaban J connectivity index is 2.29. The van der Waals surface area contributed by atoms with Crippen LogP contribution >= 0.6 is 0 Å². The fourth-order valence-corrected chi connectivity index (χ4v) is 4.44. The summed E-state index contributed by atoms with van der Waals surface area (Å²) in [5.41, 5.74) is 0. The van der Waals surface area contributed by atoms with Gasteiger partial charge >= 0.3 is 0 Å². The number of fused-ring (bicyclic) bond motifs is 2. The molecule has 0 saturated carbocycles. The molecule has 2 aliphatic rings. The van der Waals surface area contributed by atoms with Crippen molar-refractivity contribution in [2.24, 2.45) is 11.8 Å². The lowest BCUT2D eigenvalue weighted by Crippen LogP contribution is -2.57. The number of sulfonamides is 1. The predicted molar refractivity (Wildman–Crippen MR) is 68.4 cm³/mol. The Morgan fingerprint density at radius 1 is 1.28 bits per heavy atom. The molecule has 106 valence electrons. The number of aliphatic hydroxyl groups excluding tert-OH is 1. The van der Waals surface area contributed by atoms with Crippen LogP contribution < -0.4 is 0 Å². The Hall–Kier alpha value is -0.170. The second-order valence-corrected chi connectivity index (χ2v) is 8.33. The Bertz CT molecular complexity index is 406. The van der Waals surface area contributed by atoms with E-state index < -0.39 is 27.6 Å². The van der Waals surface area contributed by atoms with Crippen molar-refractivity contribution in [2.75, 3.05) is 6.61 Å². The number of hydrogen-bond acceptors (Lipinski definition) is 4. The van der Waals surface area contributed by atoms with E-state index in [-0.39, 0.29) is 12.0 Å². The third-order valence-electron chi connectivity index (χ3n) is 4.09. The molecule has 0 radical (unpaired) electrons. The lowest BCUT2D eigenvalue weighted by molar-refractivity contribution is -0.0879. The highest BCUT2D eigenvalue weighted by Crippen LogP contribution is 2.40. The molecule has 5 nitrogen and oxygen atoms in total. The number of piperidine rings is 1. The molecule has 2 fully saturated rings. The maximum absolute atomic E-state index is 12.3. The van der Waals surface area contributed by atoms with Gasteiger partial charge in [0, 0.05) is 0 Å². The quantitative estimate of drug-likeness (QED) is 0.828. The van der Waals surface area contributed by atoms with Gasteiger partial charge in [0.2, 0.25) is 10.0 Å². The van der Waals surface area contributed by atoms with Crippen LogP contribution in [0.2, 0.25) is 0 Å². The molecule has 2 heterocycles. The van der Waals surface area contributed by atoms with Gasteiger partial charge in [0.05, 0.1) is 24.0 Å². The van der Waals surface area contributed by atoms with E-state index in [0.29, 0.717) is 18.9 Å². The third kappa shape index (κ3) is 2.09. The normalized spacial score (nSPS) is 37.7. The first-order valence-corrected chi connectivity index (χ1v) is 8.09. The predicted octanol–water partition coefficient (Wildman–Crippen LogP) is 0.788. The molecule has 2 saturated heterocycles. The van der Waals surface area contributed by atoms with Gasteiger partial charge in [0.25, 0.3) is 0 Å². The smallest absolute Gasteiger partial charge is 0.219 e. The van der Waals surface area contributed by atoms with Crippen LogP contribution in [0.4, 0.5) is 0 Å². The Labute approximate surface area is 109 Å². The van der Waals surface area contributed by atoms with E-state index in [1.807, 2.05) is 0 Å². The topological polar surface area (TPSA) is 66.8 Å². The molecule has 0 aliphatic carbocycles. The zero-order chi connectivity index (χ0) is 13.7. The van der Waals surface area contributed by atoms with Gasteiger partial charge in [-0.3, -0.25) is 0 Å². The second kappa shape index (κ2) is 4.74. The lowest BCUT2D eigenvalue weighted by atomic mass is 9.82. The first-order valence-electron chi connectivity index (χ1n) is 6.58. The van der Waals surface area contributed by atoms with Crippen molar-refractivity contribution in [3.05, 3.63) is 0 Å². The highest BCUT2D eigenvalue weighted by atomic mass is 32.2. The van der Waals surface area contributed by atoms with Crippen LogP contribution in [0.3, 0.4) is 0 Å². The summed E-state index contributed by atoms with van der Waals surface area (Å²) in [6, 6.07) is -0.113. The largest absolute Gasteiger partial charge is 0.389 e. The highest BCUT2D eigenvalue weighted by molar-refractivity contribution is 7.89. The molecule has 0 aromatic carbocycles. The van der Waals surface area contributed by atoms with Gasteiger partial charge in [-0.05, 0) is 32.1 Å². The van der Waals surface area contributed by atoms with Crippen molar-refractivity contribution in [3.63, 3.8) is 0 Å². The van der Waals surface area contributed by atoms with Crippen molar-refractivity contribution in [1.29, 1.82) is 0 Å². The van der Waals surface area contributed by atoms with Crippen molar-refractivity contribution in [2.45, 2.75) is 57.7 Å². The minimum absolute atomic E-state index is 0.112. The summed E-state index contributed by atoms with van der Waals surface area (Å²) in [6.07, 6.45) is -0.734. The van der Waals surface area contributed by atoms with E-state index in [0.717, 1.165) is 0 Å². The van der Waals surface area contributed by atoms with Crippen LogP contribution in [0.5, 0.6) is 0 Å². The summed E-state index contributed by atoms with van der Waals surface area (Å²) in [5, 5.41) is 9.83. The second-order valence-electron chi connectivity index (χ2n) is 5.94. The summed E-state index contributed by atoms with van der Waals surface area (Å²) >= 11 is 0. The SMILES string of the molecule is CC(C)[C@@H]1C[C@H]2CO[C@@H]([C@H]1O)N2S(=O)(=O)C(C)C. The van der Waals surface area contributed by atoms with E-state index in [2.05, 4.69) is 13.8 Å². The van der Waals surface area contributed by atoms with E-state index in [4.69, 9.17) is 4.74 Å². The summed E-state index contributed by atoms with van der Waals surface area (Å²) < 4.78 is 31.5. The van der Waals surface area contributed by atoms with Crippen molar-refractivity contribution < 1.29 is 18.3 Å². The van der Waals surface area contributed by atoms with Gasteiger partial charge < -0.3 is 9.84 Å². The average molecular weight is 277 g/mol.